The lowest BCUT2D eigenvalue weighted by Crippen LogP contribution is -1.96. The summed E-state index contributed by atoms with van der Waals surface area (Å²) in [6, 6.07) is 6.68. The molecule has 0 aliphatic rings. The molecule has 0 amide bonds. The highest BCUT2D eigenvalue weighted by Crippen LogP contribution is 2.34. The van der Waals surface area contributed by atoms with Crippen molar-refractivity contribution in [3.63, 3.8) is 0 Å². The molecule has 0 unspecified atom stereocenters. The smallest absolute Gasteiger partial charge is 0.287 e. The Labute approximate surface area is 124 Å². The highest BCUT2D eigenvalue weighted by atomic mass is 79.9. The molecular weight excluding hydrogens is 386 g/mol. The van der Waals surface area contributed by atoms with Crippen molar-refractivity contribution in [2.75, 3.05) is 0 Å². The molecule has 0 saturated heterocycles. The molecule has 94 valence electrons. The van der Waals surface area contributed by atoms with Gasteiger partial charge in [0.15, 0.2) is 0 Å². The minimum Gasteiger partial charge on any atom is -0.487 e. The Hall–Kier alpha value is -0.920. The Morgan fingerprint density at radius 1 is 1.39 bits per heavy atom. The number of nitro benzene ring substituents is 1. The van der Waals surface area contributed by atoms with Crippen LogP contribution in [0.15, 0.2) is 38.6 Å². The number of hydrogen-bond acceptors (Lipinski definition) is 4. The van der Waals surface area contributed by atoms with Crippen LogP contribution in [0.25, 0.3) is 0 Å². The summed E-state index contributed by atoms with van der Waals surface area (Å²) in [4.78, 5) is 11.4. The molecule has 4 nitrogen and oxygen atoms in total. The molecule has 0 aliphatic heterocycles. The molecule has 0 fully saturated rings. The maximum absolute atomic E-state index is 10.8. The van der Waals surface area contributed by atoms with Gasteiger partial charge >= 0.3 is 0 Å². The van der Waals surface area contributed by atoms with E-state index in [9.17, 15) is 10.1 Å². The average Bonchev–Trinajstić information content (AvgIpc) is 2.73. The molecule has 0 saturated carbocycles. The first-order valence-corrected chi connectivity index (χ1v) is 7.33. The van der Waals surface area contributed by atoms with E-state index >= 15 is 0 Å². The molecule has 7 heteroatoms. The van der Waals surface area contributed by atoms with E-state index in [1.165, 1.54) is 6.07 Å². The lowest BCUT2D eigenvalue weighted by molar-refractivity contribution is -0.385. The molecule has 2 aromatic rings. The maximum Gasteiger partial charge on any atom is 0.287 e. The van der Waals surface area contributed by atoms with Crippen molar-refractivity contribution < 1.29 is 9.66 Å². The van der Waals surface area contributed by atoms with Gasteiger partial charge in [-0.1, -0.05) is 6.07 Å². The molecule has 18 heavy (non-hydrogen) atoms. The fraction of sp³-hybridized carbons (Fsp3) is 0.0909. The SMILES string of the molecule is O=[N+]([O-])c1cccc(OCc2cc(Br)cs2)c1Br. The molecule has 0 atom stereocenters. The molecule has 1 heterocycles. The average molecular weight is 393 g/mol. The van der Waals surface area contributed by atoms with Crippen LogP contribution in [0.3, 0.4) is 0 Å². The van der Waals surface area contributed by atoms with Crippen LogP contribution in [0.5, 0.6) is 5.75 Å². The van der Waals surface area contributed by atoms with Crippen molar-refractivity contribution >= 4 is 48.9 Å². The van der Waals surface area contributed by atoms with Crippen LogP contribution in [0.2, 0.25) is 0 Å². The Morgan fingerprint density at radius 2 is 2.17 bits per heavy atom. The summed E-state index contributed by atoms with van der Waals surface area (Å²) in [5.74, 6) is 0.466. The molecule has 0 bridgehead atoms. The van der Waals surface area contributed by atoms with Crippen molar-refractivity contribution in [2.45, 2.75) is 6.61 Å². The van der Waals surface area contributed by atoms with Gasteiger partial charge in [-0.05, 0) is 44.0 Å². The summed E-state index contributed by atoms with van der Waals surface area (Å²) in [5.41, 5.74) is -0.000129. The predicted molar refractivity (Wildman–Crippen MR) is 77.1 cm³/mol. The Kier molecular flexibility index (Phi) is 4.36. The number of nitrogens with zero attached hydrogens (tertiary/aromatic N) is 1. The number of benzene rings is 1. The third kappa shape index (κ3) is 3.09. The standard InChI is InChI=1S/C11H7Br2NO3S/c12-7-4-8(18-6-7)5-17-10-3-1-2-9(11(10)13)14(15)16/h1-4,6H,5H2. The molecule has 2 rings (SSSR count). The topological polar surface area (TPSA) is 52.4 Å². The Morgan fingerprint density at radius 3 is 2.78 bits per heavy atom. The van der Waals surface area contributed by atoms with Gasteiger partial charge in [0.2, 0.25) is 0 Å². The van der Waals surface area contributed by atoms with E-state index in [1.54, 1.807) is 23.5 Å². The monoisotopic (exact) mass is 391 g/mol. The summed E-state index contributed by atoms with van der Waals surface area (Å²) < 4.78 is 6.94. The molecule has 1 aromatic heterocycles. The highest BCUT2D eigenvalue weighted by Gasteiger charge is 2.15. The van der Waals surface area contributed by atoms with E-state index in [4.69, 9.17) is 4.74 Å². The van der Waals surface area contributed by atoms with Crippen LogP contribution in [0.1, 0.15) is 4.88 Å². The zero-order valence-electron chi connectivity index (χ0n) is 8.93. The number of rotatable bonds is 4. The second kappa shape index (κ2) is 5.81. The van der Waals surface area contributed by atoms with Gasteiger partial charge in [0, 0.05) is 20.8 Å². The van der Waals surface area contributed by atoms with Crippen LogP contribution in [-0.2, 0) is 6.61 Å². The van der Waals surface area contributed by atoms with Crippen LogP contribution in [-0.4, -0.2) is 4.92 Å². The predicted octanol–water partition coefficient (Wildman–Crippen LogP) is 4.76. The summed E-state index contributed by atoms with van der Waals surface area (Å²) in [6.07, 6.45) is 0. The summed E-state index contributed by atoms with van der Waals surface area (Å²) in [5, 5.41) is 12.7. The van der Waals surface area contributed by atoms with E-state index in [1.807, 2.05) is 11.4 Å². The van der Waals surface area contributed by atoms with Crippen LogP contribution in [0, 0.1) is 10.1 Å². The zero-order valence-corrected chi connectivity index (χ0v) is 12.9. The first-order chi connectivity index (χ1) is 8.58. The molecular formula is C11H7Br2NO3S. The normalized spacial score (nSPS) is 10.3. The molecule has 0 N–H and O–H groups in total. The molecule has 0 aliphatic carbocycles. The van der Waals surface area contributed by atoms with Crippen molar-refractivity contribution in [1.82, 2.24) is 0 Å². The Balaban J connectivity index is 2.14. The van der Waals surface area contributed by atoms with Gasteiger partial charge in [0.25, 0.3) is 5.69 Å². The second-order valence-electron chi connectivity index (χ2n) is 3.37. The van der Waals surface area contributed by atoms with Gasteiger partial charge in [-0.25, -0.2) is 0 Å². The van der Waals surface area contributed by atoms with Gasteiger partial charge in [-0.3, -0.25) is 10.1 Å². The van der Waals surface area contributed by atoms with E-state index < -0.39 is 4.92 Å². The van der Waals surface area contributed by atoms with Crippen molar-refractivity contribution in [1.29, 1.82) is 0 Å². The molecule has 0 radical (unpaired) electrons. The quantitative estimate of drug-likeness (QED) is 0.556. The van der Waals surface area contributed by atoms with Gasteiger partial charge in [0.05, 0.1) is 4.92 Å². The van der Waals surface area contributed by atoms with Crippen LogP contribution >= 0.6 is 43.2 Å². The van der Waals surface area contributed by atoms with Gasteiger partial charge in [-0.15, -0.1) is 11.3 Å². The maximum atomic E-state index is 10.8. The second-order valence-corrected chi connectivity index (χ2v) is 6.07. The number of thiophene rings is 1. The van der Waals surface area contributed by atoms with Crippen molar-refractivity contribution in [3.05, 3.63) is 53.6 Å². The fourth-order valence-electron chi connectivity index (χ4n) is 1.33. The van der Waals surface area contributed by atoms with Crippen molar-refractivity contribution in [3.8, 4) is 5.75 Å². The van der Waals surface area contributed by atoms with E-state index in [0.717, 1.165) is 9.35 Å². The molecule has 1 aromatic carbocycles. The van der Waals surface area contributed by atoms with Gasteiger partial charge < -0.3 is 4.74 Å². The molecule has 0 spiro atoms. The van der Waals surface area contributed by atoms with Crippen LogP contribution in [0.4, 0.5) is 5.69 Å². The zero-order chi connectivity index (χ0) is 13.1. The minimum atomic E-state index is -0.446. The highest BCUT2D eigenvalue weighted by molar-refractivity contribution is 9.11. The van der Waals surface area contributed by atoms with E-state index in [2.05, 4.69) is 31.9 Å². The number of ether oxygens (including phenoxy) is 1. The summed E-state index contributed by atoms with van der Waals surface area (Å²) in [7, 11) is 0. The van der Waals surface area contributed by atoms with E-state index in [0.29, 0.717) is 16.8 Å². The van der Waals surface area contributed by atoms with Gasteiger partial charge in [-0.2, -0.15) is 0 Å². The third-order valence-electron chi connectivity index (χ3n) is 2.13. The van der Waals surface area contributed by atoms with Crippen molar-refractivity contribution in [2.24, 2.45) is 0 Å². The number of hydrogen-bond donors (Lipinski definition) is 0. The van der Waals surface area contributed by atoms with Crippen LogP contribution < -0.4 is 4.74 Å². The third-order valence-corrected chi connectivity index (χ3v) is 4.60. The minimum absolute atomic E-state index is 0.000129. The lowest BCUT2D eigenvalue weighted by atomic mass is 10.3. The largest absolute Gasteiger partial charge is 0.487 e. The first kappa shape index (κ1) is 13.5. The number of nitro groups is 1. The first-order valence-electron chi connectivity index (χ1n) is 4.86. The fourth-order valence-corrected chi connectivity index (χ4v) is 3.22. The van der Waals surface area contributed by atoms with Gasteiger partial charge in [0.1, 0.15) is 16.8 Å². The Bertz CT molecular complexity index is 585. The summed E-state index contributed by atoms with van der Waals surface area (Å²) >= 11 is 8.11. The lowest BCUT2D eigenvalue weighted by Gasteiger charge is -2.06. The summed E-state index contributed by atoms with van der Waals surface area (Å²) in [6.45, 7) is 0.385. The number of halogens is 2. The van der Waals surface area contributed by atoms with E-state index in [-0.39, 0.29) is 5.69 Å².